The van der Waals surface area contributed by atoms with Gasteiger partial charge in [-0.3, -0.25) is 4.40 Å². The van der Waals surface area contributed by atoms with E-state index in [0.717, 1.165) is 22.1 Å². The summed E-state index contributed by atoms with van der Waals surface area (Å²) >= 11 is 1.59. The largest absolute Gasteiger partial charge is 0.497 e. The maximum Gasteiger partial charge on any atom is 0.238 e. The second-order valence-corrected chi connectivity index (χ2v) is 5.08. The first-order chi connectivity index (χ1) is 9.81. The Labute approximate surface area is 120 Å². The van der Waals surface area contributed by atoms with Gasteiger partial charge in [0.2, 0.25) is 5.88 Å². The minimum atomic E-state index is 0.633. The lowest BCUT2D eigenvalue weighted by molar-refractivity contribution is 0.395. The number of benzene rings is 1. The molecule has 0 amide bonds. The Morgan fingerprint density at radius 3 is 3.00 bits per heavy atom. The first kappa shape index (κ1) is 12.8. The minimum absolute atomic E-state index is 0.633. The van der Waals surface area contributed by atoms with Crippen LogP contribution in [0.25, 0.3) is 4.96 Å². The molecule has 3 rings (SSSR count). The molecule has 3 aromatic rings. The summed E-state index contributed by atoms with van der Waals surface area (Å²) in [6.45, 7) is 0.633. The third kappa shape index (κ3) is 2.30. The van der Waals surface area contributed by atoms with E-state index in [2.05, 4.69) is 10.3 Å². The number of aromatic nitrogens is 2. The van der Waals surface area contributed by atoms with Gasteiger partial charge in [0.15, 0.2) is 4.96 Å². The van der Waals surface area contributed by atoms with Gasteiger partial charge >= 0.3 is 0 Å². The van der Waals surface area contributed by atoms with Gasteiger partial charge in [-0.2, -0.15) is 4.98 Å². The van der Waals surface area contributed by atoms with Crippen LogP contribution in [0.4, 0.5) is 5.69 Å². The van der Waals surface area contributed by atoms with Gasteiger partial charge in [-0.25, -0.2) is 0 Å². The highest BCUT2D eigenvalue weighted by Crippen LogP contribution is 2.24. The SMILES string of the molecule is COc1cccc(NCc2c(OC)nc3sccn23)c1. The highest BCUT2D eigenvalue weighted by molar-refractivity contribution is 7.15. The maximum absolute atomic E-state index is 5.33. The Hall–Kier alpha value is -2.21. The molecule has 0 aliphatic heterocycles. The van der Waals surface area contributed by atoms with Crippen LogP contribution in [-0.4, -0.2) is 23.6 Å². The van der Waals surface area contributed by atoms with Crippen molar-refractivity contribution in [3.05, 3.63) is 41.5 Å². The van der Waals surface area contributed by atoms with Gasteiger partial charge in [0.25, 0.3) is 0 Å². The average molecular weight is 289 g/mol. The number of hydrogen-bond donors (Lipinski definition) is 1. The summed E-state index contributed by atoms with van der Waals surface area (Å²) < 4.78 is 12.6. The molecule has 104 valence electrons. The average Bonchev–Trinajstić information content (AvgIpc) is 3.06. The van der Waals surface area contributed by atoms with Crippen molar-refractivity contribution in [3.63, 3.8) is 0 Å². The van der Waals surface area contributed by atoms with E-state index in [0.29, 0.717) is 12.4 Å². The van der Waals surface area contributed by atoms with Crippen LogP contribution in [0.15, 0.2) is 35.8 Å². The lowest BCUT2D eigenvalue weighted by Gasteiger charge is -2.08. The smallest absolute Gasteiger partial charge is 0.238 e. The van der Waals surface area contributed by atoms with Crippen molar-refractivity contribution in [3.8, 4) is 11.6 Å². The van der Waals surface area contributed by atoms with E-state index in [1.54, 1.807) is 25.6 Å². The molecule has 0 atom stereocenters. The number of rotatable bonds is 5. The van der Waals surface area contributed by atoms with Crippen molar-refractivity contribution in [1.82, 2.24) is 9.38 Å². The second kappa shape index (κ2) is 5.42. The zero-order valence-corrected chi connectivity index (χ0v) is 12.1. The third-order valence-electron chi connectivity index (χ3n) is 3.05. The van der Waals surface area contributed by atoms with Gasteiger partial charge in [0, 0.05) is 23.3 Å². The molecule has 2 heterocycles. The first-order valence-corrected chi connectivity index (χ1v) is 7.06. The fourth-order valence-corrected chi connectivity index (χ4v) is 2.78. The van der Waals surface area contributed by atoms with Gasteiger partial charge in [-0.05, 0) is 12.1 Å². The molecule has 0 bridgehead atoms. The summed E-state index contributed by atoms with van der Waals surface area (Å²) in [6, 6.07) is 7.83. The number of nitrogens with one attached hydrogen (secondary N) is 1. The summed E-state index contributed by atoms with van der Waals surface area (Å²) in [4.78, 5) is 5.37. The number of methoxy groups -OCH3 is 2. The molecule has 0 radical (unpaired) electrons. The summed E-state index contributed by atoms with van der Waals surface area (Å²) in [6.07, 6.45) is 2.00. The van der Waals surface area contributed by atoms with Crippen LogP contribution in [-0.2, 0) is 6.54 Å². The van der Waals surface area contributed by atoms with E-state index in [1.807, 2.05) is 40.2 Å². The van der Waals surface area contributed by atoms with Crippen LogP contribution in [0.3, 0.4) is 0 Å². The number of imidazole rings is 1. The highest BCUT2D eigenvalue weighted by atomic mass is 32.1. The highest BCUT2D eigenvalue weighted by Gasteiger charge is 2.13. The molecular weight excluding hydrogens is 274 g/mol. The van der Waals surface area contributed by atoms with E-state index in [9.17, 15) is 0 Å². The summed E-state index contributed by atoms with van der Waals surface area (Å²) in [5.41, 5.74) is 2.00. The molecule has 0 aliphatic carbocycles. The summed E-state index contributed by atoms with van der Waals surface area (Å²) in [5.74, 6) is 1.49. The van der Waals surface area contributed by atoms with Crippen LogP contribution in [0, 0.1) is 0 Å². The van der Waals surface area contributed by atoms with Gasteiger partial charge in [0.05, 0.1) is 20.8 Å². The van der Waals surface area contributed by atoms with E-state index in [-0.39, 0.29) is 0 Å². The molecule has 5 nitrogen and oxygen atoms in total. The Kier molecular flexibility index (Phi) is 3.47. The van der Waals surface area contributed by atoms with E-state index < -0.39 is 0 Å². The van der Waals surface area contributed by atoms with Gasteiger partial charge < -0.3 is 14.8 Å². The van der Waals surface area contributed by atoms with E-state index in [1.165, 1.54) is 0 Å². The molecule has 0 aliphatic rings. The lowest BCUT2D eigenvalue weighted by atomic mass is 10.3. The Morgan fingerprint density at radius 1 is 1.30 bits per heavy atom. The molecule has 0 fully saturated rings. The molecule has 1 N–H and O–H groups in total. The topological polar surface area (TPSA) is 47.8 Å². The maximum atomic E-state index is 5.33. The molecule has 6 heteroatoms. The molecule has 0 spiro atoms. The molecular formula is C14H15N3O2S. The number of hydrogen-bond acceptors (Lipinski definition) is 5. The number of fused-ring (bicyclic) bond motifs is 1. The van der Waals surface area contributed by atoms with Crippen molar-refractivity contribution in [2.75, 3.05) is 19.5 Å². The minimum Gasteiger partial charge on any atom is -0.497 e. The van der Waals surface area contributed by atoms with Crippen LogP contribution < -0.4 is 14.8 Å². The molecule has 0 saturated heterocycles. The number of ether oxygens (including phenoxy) is 2. The fourth-order valence-electron chi connectivity index (χ4n) is 2.06. The monoisotopic (exact) mass is 289 g/mol. The summed E-state index contributed by atoms with van der Waals surface area (Å²) in [5, 5.41) is 5.37. The van der Waals surface area contributed by atoms with Crippen LogP contribution in [0.5, 0.6) is 11.6 Å². The number of nitrogens with zero attached hydrogens (tertiary/aromatic N) is 2. The number of thiazole rings is 1. The molecule has 0 unspecified atom stereocenters. The van der Waals surface area contributed by atoms with E-state index in [4.69, 9.17) is 9.47 Å². The molecule has 0 saturated carbocycles. The molecule has 2 aromatic heterocycles. The van der Waals surface area contributed by atoms with Crippen LogP contribution in [0.2, 0.25) is 0 Å². The van der Waals surface area contributed by atoms with E-state index >= 15 is 0 Å². The quantitative estimate of drug-likeness (QED) is 0.784. The lowest BCUT2D eigenvalue weighted by Crippen LogP contribution is -2.03. The van der Waals surface area contributed by atoms with Crippen LogP contribution in [0.1, 0.15) is 5.69 Å². The van der Waals surface area contributed by atoms with Crippen molar-refractivity contribution in [2.24, 2.45) is 0 Å². The number of anilines is 1. The molecule has 1 aromatic carbocycles. The zero-order valence-electron chi connectivity index (χ0n) is 11.3. The fraction of sp³-hybridized carbons (Fsp3) is 0.214. The third-order valence-corrected chi connectivity index (χ3v) is 3.80. The van der Waals surface area contributed by atoms with Crippen molar-refractivity contribution < 1.29 is 9.47 Å². The Bertz CT molecular complexity index is 720. The van der Waals surface area contributed by atoms with Crippen molar-refractivity contribution >= 4 is 22.0 Å². The van der Waals surface area contributed by atoms with Gasteiger partial charge in [-0.1, -0.05) is 6.07 Å². The first-order valence-electron chi connectivity index (χ1n) is 6.18. The van der Waals surface area contributed by atoms with Gasteiger partial charge in [0.1, 0.15) is 11.4 Å². The van der Waals surface area contributed by atoms with Crippen molar-refractivity contribution in [2.45, 2.75) is 6.54 Å². The predicted octanol–water partition coefficient (Wildman–Crippen LogP) is 3.03. The van der Waals surface area contributed by atoms with Crippen LogP contribution >= 0.6 is 11.3 Å². The standard InChI is InChI=1S/C14H15N3O2S/c1-18-11-5-3-4-10(8-11)15-9-12-13(19-2)16-14-17(12)6-7-20-14/h3-8,15H,9H2,1-2H3. The van der Waals surface area contributed by atoms with Gasteiger partial charge in [-0.15, -0.1) is 11.3 Å². The van der Waals surface area contributed by atoms with Crippen molar-refractivity contribution in [1.29, 1.82) is 0 Å². The normalized spacial score (nSPS) is 10.7. The Morgan fingerprint density at radius 2 is 2.20 bits per heavy atom. The summed E-state index contributed by atoms with van der Waals surface area (Å²) in [7, 11) is 3.30. The second-order valence-electron chi connectivity index (χ2n) is 4.21. The zero-order chi connectivity index (χ0) is 13.9. The predicted molar refractivity (Wildman–Crippen MR) is 79.9 cm³/mol. The Balaban J connectivity index is 1.83. The molecule has 20 heavy (non-hydrogen) atoms.